The highest BCUT2D eigenvalue weighted by Gasteiger charge is 2.35. The Morgan fingerprint density at radius 2 is 1.56 bits per heavy atom. The van der Waals surface area contributed by atoms with Crippen LogP contribution in [0.2, 0.25) is 5.02 Å². The molecule has 0 saturated carbocycles. The van der Waals surface area contributed by atoms with Crippen molar-refractivity contribution in [2.24, 2.45) is 0 Å². The van der Waals surface area contributed by atoms with Gasteiger partial charge >= 0.3 is 0 Å². The van der Waals surface area contributed by atoms with Gasteiger partial charge in [0.25, 0.3) is 10.2 Å². The highest BCUT2D eigenvalue weighted by Crippen LogP contribution is 2.24. The fourth-order valence-electron chi connectivity index (χ4n) is 2.64. The Kier molecular flexibility index (Phi) is 6.45. The first-order valence-corrected chi connectivity index (χ1v) is 11.1. The third-order valence-electron chi connectivity index (χ3n) is 4.08. The van der Waals surface area contributed by atoms with Gasteiger partial charge in [0, 0.05) is 39.3 Å². The van der Waals surface area contributed by atoms with Gasteiger partial charge in [-0.3, -0.25) is 0 Å². The maximum Gasteiger partial charge on any atom is 0.282 e. The first kappa shape index (κ1) is 20.5. The molecular formula is C14H21ClFN3O4S2. The van der Waals surface area contributed by atoms with Gasteiger partial charge in [0.2, 0.25) is 10.0 Å². The van der Waals surface area contributed by atoms with Crippen LogP contribution in [-0.2, 0) is 20.2 Å². The number of benzene rings is 1. The number of halogens is 2. The van der Waals surface area contributed by atoms with Crippen LogP contribution < -0.4 is 0 Å². The van der Waals surface area contributed by atoms with Crippen LogP contribution in [0.1, 0.15) is 13.8 Å². The zero-order chi connectivity index (χ0) is 18.8. The molecule has 1 aliphatic heterocycles. The third-order valence-corrected chi connectivity index (χ3v) is 8.46. The first-order valence-electron chi connectivity index (χ1n) is 7.85. The van der Waals surface area contributed by atoms with E-state index in [2.05, 4.69) is 0 Å². The zero-order valence-corrected chi connectivity index (χ0v) is 16.4. The molecule has 0 atom stereocenters. The fraction of sp³-hybridized carbons (Fsp3) is 0.571. The molecule has 142 valence electrons. The minimum atomic E-state index is -3.85. The molecule has 2 rings (SSSR count). The van der Waals surface area contributed by atoms with E-state index in [1.807, 2.05) is 0 Å². The summed E-state index contributed by atoms with van der Waals surface area (Å²) in [5, 5.41) is -0.274. The standard InChI is InChI=1S/C14H21ClFN3O4S2/c1-3-17(4-2)25(22,23)19-9-7-18(8-10-19)24(20,21)12-5-6-14(16)13(15)11-12/h5-6,11H,3-4,7-10H2,1-2H3. The molecule has 1 aromatic rings. The van der Waals surface area contributed by atoms with Crippen LogP contribution in [0.5, 0.6) is 0 Å². The summed E-state index contributed by atoms with van der Waals surface area (Å²) in [6.45, 7) is 4.38. The van der Waals surface area contributed by atoms with Crippen molar-refractivity contribution in [3.05, 3.63) is 29.0 Å². The highest BCUT2D eigenvalue weighted by atomic mass is 35.5. The van der Waals surface area contributed by atoms with E-state index in [0.29, 0.717) is 13.1 Å². The molecule has 7 nitrogen and oxygen atoms in total. The van der Waals surface area contributed by atoms with Crippen molar-refractivity contribution in [1.29, 1.82) is 0 Å². The van der Waals surface area contributed by atoms with E-state index in [0.717, 1.165) is 18.2 Å². The fourth-order valence-corrected chi connectivity index (χ4v) is 5.94. The lowest BCUT2D eigenvalue weighted by molar-refractivity contribution is 0.256. The monoisotopic (exact) mass is 413 g/mol. The Morgan fingerprint density at radius 1 is 1.04 bits per heavy atom. The van der Waals surface area contributed by atoms with Crippen molar-refractivity contribution in [1.82, 2.24) is 12.9 Å². The van der Waals surface area contributed by atoms with E-state index in [4.69, 9.17) is 11.6 Å². The Hall–Kier alpha value is -0.780. The van der Waals surface area contributed by atoms with Crippen LogP contribution in [-0.4, -0.2) is 69.0 Å². The van der Waals surface area contributed by atoms with Crippen molar-refractivity contribution in [2.75, 3.05) is 39.3 Å². The lowest BCUT2D eigenvalue weighted by Crippen LogP contribution is -2.54. The van der Waals surface area contributed by atoms with Crippen molar-refractivity contribution >= 4 is 31.8 Å². The maximum absolute atomic E-state index is 13.2. The molecule has 1 aliphatic rings. The molecule has 1 saturated heterocycles. The molecular weight excluding hydrogens is 393 g/mol. The third kappa shape index (κ3) is 4.15. The second-order valence-corrected chi connectivity index (χ2v) is 9.74. The average Bonchev–Trinajstić information content (AvgIpc) is 2.58. The van der Waals surface area contributed by atoms with Crippen LogP contribution in [0.15, 0.2) is 23.1 Å². The van der Waals surface area contributed by atoms with E-state index < -0.39 is 26.0 Å². The summed E-state index contributed by atoms with van der Waals surface area (Å²) in [4.78, 5) is -0.112. The van der Waals surface area contributed by atoms with Crippen LogP contribution >= 0.6 is 11.6 Å². The molecule has 0 aliphatic carbocycles. The van der Waals surface area contributed by atoms with Gasteiger partial charge in [-0.05, 0) is 18.2 Å². The summed E-state index contributed by atoms with van der Waals surface area (Å²) in [5.74, 6) is -0.698. The minimum absolute atomic E-state index is 0.0256. The van der Waals surface area contributed by atoms with E-state index >= 15 is 0 Å². The Bertz CT molecular complexity index is 820. The second-order valence-electron chi connectivity index (χ2n) is 5.47. The number of piperazine rings is 1. The molecule has 1 heterocycles. The van der Waals surface area contributed by atoms with Gasteiger partial charge in [-0.15, -0.1) is 0 Å². The summed E-state index contributed by atoms with van der Waals surface area (Å²) in [7, 11) is -7.45. The number of sulfonamides is 1. The van der Waals surface area contributed by atoms with E-state index in [-0.39, 0.29) is 36.1 Å². The number of nitrogens with zero attached hydrogens (tertiary/aromatic N) is 3. The van der Waals surface area contributed by atoms with Gasteiger partial charge in [-0.25, -0.2) is 12.8 Å². The molecule has 1 fully saturated rings. The van der Waals surface area contributed by atoms with Crippen LogP contribution in [0.3, 0.4) is 0 Å². The molecule has 1 aromatic carbocycles. The van der Waals surface area contributed by atoms with Crippen LogP contribution in [0, 0.1) is 5.82 Å². The summed E-state index contributed by atoms with van der Waals surface area (Å²) in [6, 6.07) is 3.21. The second kappa shape index (κ2) is 7.85. The molecule has 0 radical (unpaired) electrons. The predicted molar refractivity (Wildman–Crippen MR) is 93.6 cm³/mol. The number of hydrogen-bond acceptors (Lipinski definition) is 4. The maximum atomic E-state index is 13.2. The quantitative estimate of drug-likeness (QED) is 0.705. The van der Waals surface area contributed by atoms with Gasteiger partial charge in [0.1, 0.15) is 5.82 Å². The summed E-state index contributed by atoms with van der Waals surface area (Å²) in [6.07, 6.45) is 0. The molecule has 0 aromatic heterocycles. The molecule has 0 amide bonds. The zero-order valence-electron chi connectivity index (χ0n) is 14.0. The molecule has 11 heteroatoms. The van der Waals surface area contributed by atoms with Crippen LogP contribution in [0.25, 0.3) is 0 Å². The van der Waals surface area contributed by atoms with Gasteiger partial charge in [-0.2, -0.15) is 21.3 Å². The van der Waals surface area contributed by atoms with Crippen LogP contribution in [0.4, 0.5) is 4.39 Å². The van der Waals surface area contributed by atoms with Crippen molar-refractivity contribution in [3.8, 4) is 0 Å². The SMILES string of the molecule is CCN(CC)S(=O)(=O)N1CCN(S(=O)(=O)c2ccc(F)c(Cl)c2)CC1. The topological polar surface area (TPSA) is 78.0 Å². The van der Waals surface area contributed by atoms with Gasteiger partial charge in [-0.1, -0.05) is 25.4 Å². The van der Waals surface area contributed by atoms with E-state index in [1.54, 1.807) is 13.8 Å². The van der Waals surface area contributed by atoms with Gasteiger partial charge in [0.05, 0.1) is 9.92 Å². The average molecular weight is 414 g/mol. The van der Waals surface area contributed by atoms with E-state index in [1.165, 1.54) is 12.9 Å². The largest absolute Gasteiger partial charge is 0.282 e. The first-order chi connectivity index (χ1) is 11.6. The van der Waals surface area contributed by atoms with Crippen molar-refractivity contribution < 1.29 is 21.2 Å². The Labute approximate surface area is 153 Å². The molecule has 25 heavy (non-hydrogen) atoms. The summed E-state index contributed by atoms with van der Waals surface area (Å²) in [5.41, 5.74) is 0. The Balaban J connectivity index is 2.15. The van der Waals surface area contributed by atoms with Gasteiger partial charge in [0.15, 0.2) is 0 Å². The van der Waals surface area contributed by atoms with Crippen molar-refractivity contribution in [3.63, 3.8) is 0 Å². The number of hydrogen-bond donors (Lipinski definition) is 0. The summed E-state index contributed by atoms with van der Waals surface area (Å²) >= 11 is 5.66. The molecule has 0 N–H and O–H groups in total. The van der Waals surface area contributed by atoms with Crippen molar-refractivity contribution in [2.45, 2.75) is 18.7 Å². The summed E-state index contributed by atoms with van der Waals surface area (Å²) < 4.78 is 67.2. The normalized spacial score (nSPS) is 18.0. The minimum Gasteiger partial charge on any atom is -0.207 e. The molecule has 0 bridgehead atoms. The lowest BCUT2D eigenvalue weighted by Gasteiger charge is -2.35. The predicted octanol–water partition coefficient (Wildman–Crippen LogP) is 1.37. The Morgan fingerprint density at radius 3 is 2.04 bits per heavy atom. The van der Waals surface area contributed by atoms with E-state index in [9.17, 15) is 21.2 Å². The molecule has 0 unspecified atom stereocenters. The highest BCUT2D eigenvalue weighted by molar-refractivity contribution is 7.89. The lowest BCUT2D eigenvalue weighted by atomic mass is 10.3. The van der Waals surface area contributed by atoms with Gasteiger partial charge < -0.3 is 0 Å². The number of rotatable bonds is 6. The molecule has 0 spiro atoms. The smallest absolute Gasteiger partial charge is 0.207 e.